The maximum atomic E-state index is 13.1. The van der Waals surface area contributed by atoms with Gasteiger partial charge in [0.2, 0.25) is 0 Å². The number of hydrogen-bond donors (Lipinski definition) is 0. The quantitative estimate of drug-likeness (QED) is 0.840. The predicted octanol–water partition coefficient (Wildman–Crippen LogP) is 4.37. The third-order valence-electron chi connectivity index (χ3n) is 3.04. The summed E-state index contributed by atoms with van der Waals surface area (Å²) in [5.74, 6) is -0.0407. The van der Waals surface area contributed by atoms with Crippen LogP contribution in [0.1, 0.15) is 29.6 Å². The van der Waals surface area contributed by atoms with Crippen molar-refractivity contribution >= 4 is 22.9 Å². The van der Waals surface area contributed by atoms with Crippen LogP contribution in [0.25, 0.3) is 0 Å². The molecular formula is C14H13ClFNO2S. The summed E-state index contributed by atoms with van der Waals surface area (Å²) < 4.78 is 24.2. The van der Waals surface area contributed by atoms with Gasteiger partial charge in [0.15, 0.2) is 0 Å². The van der Waals surface area contributed by atoms with E-state index in [0.29, 0.717) is 10.8 Å². The van der Waals surface area contributed by atoms with Crippen molar-refractivity contribution < 1.29 is 13.9 Å². The molecule has 3 nitrogen and oxygen atoms in total. The normalized spacial score (nSPS) is 18.4. The Hall–Kier alpha value is -1.17. The molecule has 1 unspecified atom stereocenters. The third-order valence-corrected chi connectivity index (χ3v) is 4.34. The van der Waals surface area contributed by atoms with Crippen molar-refractivity contribution in [2.45, 2.75) is 25.6 Å². The van der Waals surface area contributed by atoms with Crippen molar-refractivity contribution in [2.24, 2.45) is 0 Å². The fraction of sp³-hybridized carbons (Fsp3) is 0.357. The van der Waals surface area contributed by atoms with E-state index in [9.17, 15) is 4.39 Å². The van der Waals surface area contributed by atoms with Gasteiger partial charge in [-0.05, 0) is 25.0 Å². The van der Waals surface area contributed by atoms with Crippen molar-refractivity contribution in [2.75, 3.05) is 6.61 Å². The highest BCUT2D eigenvalue weighted by molar-refractivity contribution is 7.09. The third kappa shape index (κ3) is 3.11. The second-order valence-electron chi connectivity index (χ2n) is 4.54. The average Bonchev–Trinajstić information content (AvgIpc) is 3.09. The smallest absolute Gasteiger partial charge is 0.141 e. The summed E-state index contributed by atoms with van der Waals surface area (Å²) in [6, 6.07) is 4.05. The molecule has 20 heavy (non-hydrogen) atoms. The second-order valence-corrected chi connectivity index (χ2v) is 5.84. The number of thiazole rings is 1. The van der Waals surface area contributed by atoms with Crippen LogP contribution in [0.15, 0.2) is 23.6 Å². The Morgan fingerprint density at radius 3 is 3.20 bits per heavy atom. The molecule has 0 amide bonds. The van der Waals surface area contributed by atoms with Crippen LogP contribution in [-0.4, -0.2) is 11.6 Å². The van der Waals surface area contributed by atoms with Gasteiger partial charge in [-0.3, -0.25) is 0 Å². The molecule has 1 fully saturated rings. The van der Waals surface area contributed by atoms with Gasteiger partial charge in [-0.15, -0.1) is 11.3 Å². The first-order valence-electron chi connectivity index (χ1n) is 6.36. The van der Waals surface area contributed by atoms with Crippen molar-refractivity contribution in [1.82, 2.24) is 4.98 Å². The topological polar surface area (TPSA) is 31.4 Å². The van der Waals surface area contributed by atoms with Crippen LogP contribution in [0.4, 0.5) is 4.39 Å². The number of rotatable bonds is 4. The van der Waals surface area contributed by atoms with Crippen molar-refractivity contribution in [1.29, 1.82) is 0 Å². The highest BCUT2D eigenvalue weighted by Crippen LogP contribution is 2.31. The maximum absolute atomic E-state index is 13.1. The molecule has 2 heterocycles. The van der Waals surface area contributed by atoms with Gasteiger partial charge in [0.25, 0.3) is 0 Å². The summed E-state index contributed by atoms with van der Waals surface area (Å²) in [5.41, 5.74) is 0.806. The Kier molecular flexibility index (Phi) is 4.19. The lowest BCUT2D eigenvalue weighted by Gasteiger charge is -2.06. The van der Waals surface area contributed by atoms with E-state index in [2.05, 4.69) is 4.98 Å². The highest BCUT2D eigenvalue weighted by Gasteiger charge is 2.20. The van der Waals surface area contributed by atoms with Crippen LogP contribution in [0.2, 0.25) is 5.02 Å². The van der Waals surface area contributed by atoms with Gasteiger partial charge in [0, 0.05) is 18.1 Å². The minimum absolute atomic E-state index is 0.117. The first-order chi connectivity index (χ1) is 9.72. The Labute approximate surface area is 125 Å². The molecule has 0 N–H and O–H groups in total. The molecule has 0 bridgehead atoms. The molecule has 1 saturated heterocycles. The number of halogens is 2. The lowest BCUT2D eigenvalue weighted by molar-refractivity contribution is 0.111. The van der Waals surface area contributed by atoms with E-state index in [0.717, 1.165) is 30.2 Å². The second kappa shape index (κ2) is 6.08. The molecule has 1 aliphatic rings. The fourth-order valence-electron chi connectivity index (χ4n) is 2.05. The standard InChI is InChI=1S/C14H13ClFNO2S/c15-11-4-3-9(16)6-13(11)19-7-10-8-20-14(17-10)12-2-1-5-18-12/h3-4,6,8,12H,1-2,5,7H2. The molecular weight excluding hydrogens is 301 g/mol. The van der Waals surface area contributed by atoms with E-state index in [1.54, 1.807) is 11.3 Å². The molecule has 0 saturated carbocycles. The summed E-state index contributed by atoms with van der Waals surface area (Å²) in [6.07, 6.45) is 2.21. The molecule has 0 aliphatic carbocycles. The van der Waals surface area contributed by atoms with Gasteiger partial charge in [-0.2, -0.15) is 0 Å². The number of nitrogens with zero attached hydrogens (tertiary/aromatic N) is 1. The minimum atomic E-state index is -0.372. The van der Waals surface area contributed by atoms with Gasteiger partial charge in [0.05, 0.1) is 10.7 Å². The van der Waals surface area contributed by atoms with Gasteiger partial charge in [-0.1, -0.05) is 11.6 Å². The zero-order valence-electron chi connectivity index (χ0n) is 10.6. The van der Waals surface area contributed by atoms with Crippen LogP contribution < -0.4 is 4.74 Å². The van der Waals surface area contributed by atoms with Crippen molar-refractivity contribution in [3.63, 3.8) is 0 Å². The summed E-state index contributed by atoms with van der Waals surface area (Å²) in [4.78, 5) is 4.49. The van der Waals surface area contributed by atoms with Crippen LogP contribution in [0, 0.1) is 5.82 Å². The molecule has 6 heteroatoms. The average molecular weight is 314 g/mol. The van der Waals surface area contributed by atoms with E-state index >= 15 is 0 Å². The molecule has 1 aromatic heterocycles. The van der Waals surface area contributed by atoms with Crippen molar-refractivity contribution in [3.8, 4) is 5.75 Å². The monoisotopic (exact) mass is 313 g/mol. The van der Waals surface area contributed by atoms with E-state index < -0.39 is 0 Å². The van der Waals surface area contributed by atoms with E-state index in [1.807, 2.05) is 5.38 Å². The van der Waals surface area contributed by atoms with Crippen LogP contribution in [-0.2, 0) is 11.3 Å². The minimum Gasteiger partial charge on any atom is -0.486 e. The SMILES string of the molecule is Fc1ccc(Cl)c(OCc2csc(C3CCCO3)n2)c1. The number of aromatic nitrogens is 1. The summed E-state index contributed by atoms with van der Waals surface area (Å²) in [6.45, 7) is 1.07. The zero-order chi connectivity index (χ0) is 13.9. The van der Waals surface area contributed by atoms with E-state index in [-0.39, 0.29) is 18.5 Å². The number of hydrogen-bond acceptors (Lipinski definition) is 4. The maximum Gasteiger partial charge on any atom is 0.141 e. The summed E-state index contributed by atoms with van der Waals surface area (Å²) >= 11 is 7.51. The van der Waals surface area contributed by atoms with Crippen LogP contribution >= 0.6 is 22.9 Å². The largest absolute Gasteiger partial charge is 0.486 e. The molecule has 1 aromatic carbocycles. The first-order valence-corrected chi connectivity index (χ1v) is 7.62. The van der Waals surface area contributed by atoms with Crippen LogP contribution in [0.5, 0.6) is 5.75 Å². The summed E-state index contributed by atoms with van der Waals surface area (Å²) in [7, 11) is 0. The van der Waals surface area contributed by atoms with E-state index in [4.69, 9.17) is 21.1 Å². The molecule has 0 radical (unpaired) electrons. The Morgan fingerprint density at radius 2 is 2.40 bits per heavy atom. The molecule has 1 aliphatic heterocycles. The molecule has 1 atom stereocenters. The Morgan fingerprint density at radius 1 is 1.50 bits per heavy atom. The molecule has 2 aromatic rings. The molecule has 3 rings (SSSR count). The number of ether oxygens (including phenoxy) is 2. The Balaban J connectivity index is 1.64. The highest BCUT2D eigenvalue weighted by atomic mass is 35.5. The number of benzene rings is 1. The van der Waals surface area contributed by atoms with E-state index in [1.165, 1.54) is 18.2 Å². The lowest BCUT2D eigenvalue weighted by Crippen LogP contribution is -1.99. The van der Waals surface area contributed by atoms with Gasteiger partial charge >= 0.3 is 0 Å². The van der Waals surface area contributed by atoms with Gasteiger partial charge in [-0.25, -0.2) is 9.37 Å². The van der Waals surface area contributed by atoms with Crippen LogP contribution in [0.3, 0.4) is 0 Å². The zero-order valence-corrected chi connectivity index (χ0v) is 12.2. The first kappa shape index (κ1) is 13.8. The predicted molar refractivity (Wildman–Crippen MR) is 75.8 cm³/mol. The lowest BCUT2D eigenvalue weighted by atomic mass is 10.2. The molecule has 106 valence electrons. The van der Waals surface area contributed by atoms with Gasteiger partial charge < -0.3 is 9.47 Å². The fourth-order valence-corrected chi connectivity index (χ4v) is 3.11. The Bertz CT molecular complexity index is 599. The molecule has 0 spiro atoms. The summed E-state index contributed by atoms with van der Waals surface area (Å²) in [5, 5.41) is 3.30. The van der Waals surface area contributed by atoms with Crippen molar-refractivity contribution in [3.05, 3.63) is 45.1 Å². The van der Waals surface area contributed by atoms with Gasteiger partial charge in [0.1, 0.15) is 29.3 Å².